The second-order valence-electron chi connectivity index (χ2n) is 10.9. The van der Waals surface area contributed by atoms with Crippen LogP contribution in [-0.2, 0) is 12.8 Å². The Bertz CT molecular complexity index is 540. The molecule has 0 aromatic heterocycles. The number of benzene rings is 1. The lowest BCUT2D eigenvalue weighted by molar-refractivity contribution is 0.140. The normalized spacial score (nSPS) is 27.3. The van der Waals surface area contributed by atoms with Gasteiger partial charge in [-0.3, -0.25) is 0 Å². The summed E-state index contributed by atoms with van der Waals surface area (Å²) in [5.41, 5.74) is 3.09. The zero-order chi connectivity index (χ0) is 21.0. The molecule has 0 nitrogen and oxygen atoms in total. The van der Waals surface area contributed by atoms with Gasteiger partial charge in [-0.15, -0.1) is 0 Å². The maximum atomic E-state index is 2.40. The molecule has 170 valence electrons. The largest absolute Gasteiger partial charge is 0.0654 e. The summed E-state index contributed by atoms with van der Waals surface area (Å²) < 4.78 is 0. The third kappa shape index (κ3) is 8.05. The van der Waals surface area contributed by atoms with Crippen LogP contribution in [0.4, 0.5) is 0 Å². The van der Waals surface area contributed by atoms with Crippen LogP contribution in [-0.4, -0.2) is 0 Å². The van der Waals surface area contributed by atoms with Crippen LogP contribution >= 0.6 is 0 Å². The van der Waals surface area contributed by atoms with E-state index >= 15 is 0 Å². The van der Waals surface area contributed by atoms with E-state index in [1.165, 1.54) is 95.5 Å². The van der Waals surface area contributed by atoms with Crippen molar-refractivity contribution in [1.29, 1.82) is 0 Å². The highest BCUT2D eigenvalue weighted by Gasteiger charge is 2.30. The molecule has 0 N–H and O–H groups in total. The van der Waals surface area contributed by atoms with Crippen molar-refractivity contribution in [1.82, 2.24) is 0 Å². The predicted octanol–water partition coefficient (Wildman–Crippen LogP) is 9.54. The molecule has 0 heteroatoms. The second-order valence-corrected chi connectivity index (χ2v) is 10.9. The van der Waals surface area contributed by atoms with Gasteiger partial charge in [-0.25, -0.2) is 0 Å². The van der Waals surface area contributed by atoms with Crippen molar-refractivity contribution in [2.24, 2.45) is 23.7 Å². The second kappa shape index (κ2) is 13.6. The van der Waals surface area contributed by atoms with Crippen LogP contribution in [0.1, 0.15) is 128 Å². The summed E-state index contributed by atoms with van der Waals surface area (Å²) in [4.78, 5) is 0. The van der Waals surface area contributed by atoms with E-state index in [4.69, 9.17) is 0 Å². The molecule has 0 bridgehead atoms. The van der Waals surface area contributed by atoms with E-state index in [-0.39, 0.29) is 0 Å². The maximum Gasteiger partial charge on any atom is -0.0276 e. The zero-order valence-electron chi connectivity index (χ0n) is 20.3. The van der Waals surface area contributed by atoms with Crippen LogP contribution in [0.3, 0.4) is 0 Å². The number of aryl methyl sites for hydroxylation is 2. The summed E-state index contributed by atoms with van der Waals surface area (Å²) in [6.45, 7) is 4.61. The molecule has 30 heavy (non-hydrogen) atoms. The van der Waals surface area contributed by atoms with Gasteiger partial charge in [0.05, 0.1) is 0 Å². The van der Waals surface area contributed by atoms with E-state index in [1.54, 1.807) is 31.2 Å². The van der Waals surface area contributed by atoms with Gasteiger partial charge in [0, 0.05) is 0 Å². The Morgan fingerprint density at radius 1 is 0.533 bits per heavy atom. The summed E-state index contributed by atoms with van der Waals surface area (Å²) in [6.07, 6.45) is 26.2. The van der Waals surface area contributed by atoms with Crippen molar-refractivity contribution in [2.45, 2.75) is 129 Å². The van der Waals surface area contributed by atoms with Crippen LogP contribution < -0.4 is 0 Å². The maximum absolute atomic E-state index is 2.40. The fourth-order valence-corrected chi connectivity index (χ4v) is 6.38. The topological polar surface area (TPSA) is 0 Å². The number of hydrogen-bond donors (Lipinski definition) is 0. The summed E-state index contributed by atoms with van der Waals surface area (Å²) in [7, 11) is 0. The fraction of sp³-hybridized carbons (Fsp3) is 0.800. The van der Waals surface area contributed by atoms with Gasteiger partial charge in [0.25, 0.3) is 0 Å². The van der Waals surface area contributed by atoms with E-state index in [9.17, 15) is 0 Å². The highest BCUT2D eigenvalue weighted by Crippen LogP contribution is 2.43. The first-order valence-corrected chi connectivity index (χ1v) is 13.9. The van der Waals surface area contributed by atoms with Crippen LogP contribution in [0.2, 0.25) is 0 Å². The predicted molar refractivity (Wildman–Crippen MR) is 133 cm³/mol. The molecule has 0 amide bonds. The van der Waals surface area contributed by atoms with E-state index < -0.39 is 0 Å². The molecule has 2 aliphatic carbocycles. The Balaban J connectivity index is 1.29. The summed E-state index contributed by atoms with van der Waals surface area (Å²) in [6, 6.07) is 9.55. The molecule has 2 fully saturated rings. The number of rotatable bonds is 12. The molecular weight excluding hydrogens is 360 g/mol. The van der Waals surface area contributed by atoms with Crippen molar-refractivity contribution in [2.75, 3.05) is 0 Å². The first-order valence-electron chi connectivity index (χ1n) is 13.9. The van der Waals surface area contributed by atoms with Gasteiger partial charge >= 0.3 is 0 Å². The van der Waals surface area contributed by atoms with Gasteiger partial charge in [-0.05, 0) is 86.2 Å². The first-order chi connectivity index (χ1) is 14.8. The Kier molecular flexibility index (Phi) is 10.8. The van der Waals surface area contributed by atoms with E-state index in [0.717, 1.165) is 23.7 Å². The smallest absolute Gasteiger partial charge is 0.0276 e. The Morgan fingerprint density at radius 3 is 1.57 bits per heavy atom. The number of unbranched alkanes of at least 4 members (excludes halogenated alkanes) is 4. The van der Waals surface area contributed by atoms with Gasteiger partial charge in [-0.1, -0.05) is 102 Å². The molecule has 1 aromatic carbocycles. The van der Waals surface area contributed by atoms with Gasteiger partial charge < -0.3 is 0 Å². The van der Waals surface area contributed by atoms with E-state index in [1.807, 2.05) is 0 Å². The molecular formula is C30H50. The SMILES string of the molecule is CCCCCCC1CCC(C2CCC(CCc3ccc(CCCC)cc3)CC2)CC1. The molecule has 2 saturated carbocycles. The van der Waals surface area contributed by atoms with E-state index in [2.05, 4.69) is 38.1 Å². The zero-order valence-corrected chi connectivity index (χ0v) is 20.3. The summed E-state index contributed by atoms with van der Waals surface area (Å²) in [5.74, 6) is 4.22. The molecule has 0 atom stereocenters. The average Bonchev–Trinajstić information content (AvgIpc) is 2.81. The molecule has 0 unspecified atom stereocenters. The molecule has 1 aromatic rings. The van der Waals surface area contributed by atoms with Crippen LogP contribution in [0.5, 0.6) is 0 Å². The molecule has 3 rings (SSSR count). The van der Waals surface area contributed by atoms with Crippen LogP contribution in [0.25, 0.3) is 0 Å². The monoisotopic (exact) mass is 410 g/mol. The minimum absolute atomic E-state index is 0.996. The average molecular weight is 411 g/mol. The van der Waals surface area contributed by atoms with Gasteiger partial charge in [-0.2, -0.15) is 0 Å². The van der Waals surface area contributed by atoms with Gasteiger partial charge in [0.1, 0.15) is 0 Å². The lowest BCUT2D eigenvalue weighted by atomic mass is 9.68. The first kappa shape index (κ1) is 23.9. The molecule has 0 spiro atoms. The fourth-order valence-electron chi connectivity index (χ4n) is 6.38. The third-order valence-electron chi connectivity index (χ3n) is 8.60. The molecule has 0 saturated heterocycles. The highest BCUT2D eigenvalue weighted by molar-refractivity contribution is 5.22. The van der Waals surface area contributed by atoms with Gasteiger partial charge in [0.2, 0.25) is 0 Å². The standard InChI is InChI=1S/C30H50/c1-3-5-7-8-10-26-17-21-29(22-18-26)30-23-19-28(20-24-30)16-15-27-13-11-25(12-14-27)9-6-4-2/h11-14,26,28-30H,3-10,15-24H2,1-2H3. The van der Waals surface area contributed by atoms with Gasteiger partial charge in [0.15, 0.2) is 0 Å². The molecule has 2 aliphatic rings. The summed E-state index contributed by atoms with van der Waals surface area (Å²) in [5, 5.41) is 0. The molecule has 0 aliphatic heterocycles. The van der Waals surface area contributed by atoms with Crippen molar-refractivity contribution in [3.8, 4) is 0 Å². The Hall–Kier alpha value is -0.780. The van der Waals surface area contributed by atoms with Crippen LogP contribution in [0.15, 0.2) is 24.3 Å². The summed E-state index contributed by atoms with van der Waals surface area (Å²) >= 11 is 0. The quantitative estimate of drug-likeness (QED) is 0.301. The van der Waals surface area contributed by atoms with Crippen LogP contribution in [0, 0.1) is 23.7 Å². The molecule has 0 heterocycles. The minimum atomic E-state index is 0.996. The minimum Gasteiger partial charge on any atom is -0.0654 e. The third-order valence-corrected chi connectivity index (χ3v) is 8.60. The lowest BCUT2D eigenvalue weighted by Crippen LogP contribution is -2.26. The molecule has 0 radical (unpaired) electrons. The highest BCUT2D eigenvalue weighted by atomic mass is 14.4. The van der Waals surface area contributed by atoms with Crippen molar-refractivity contribution < 1.29 is 0 Å². The van der Waals surface area contributed by atoms with Crippen molar-refractivity contribution >= 4 is 0 Å². The van der Waals surface area contributed by atoms with Crippen molar-refractivity contribution in [3.63, 3.8) is 0 Å². The lowest BCUT2D eigenvalue weighted by Gasteiger charge is -2.38. The Labute approximate surface area is 188 Å². The Morgan fingerprint density at radius 2 is 1.03 bits per heavy atom. The number of hydrogen-bond acceptors (Lipinski definition) is 0. The van der Waals surface area contributed by atoms with Crippen molar-refractivity contribution in [3.05, 3.63) is 35.4 Å². The van der Waals surface area contributed by atoms with E-state index in [0.29, 0.717) is 0 Å².